The van der Waals surface area contributed by atoms with Gasteiger partial charge in [0.1, 0.15) is 12.7 Å². The maximum atomic E-state index is 12.2. The molecule has 3 unspecified atom stereocenters. The number of hydrogen-bond acceptors (Lipinski definition) is 5. The first-order valence-corrected chi connectivity index (χ1v) is 7.64. The molecule has 6 heteroatoms. The number of esters is 1. The standard InChI is InChI=1S/C16H22O6/c17-15(18)10-12(9-13-5-1-3-7-20-13)16(19)22-11-14-6-2-4-8-21-14/h3-4,7-8,12-14H,1-2,5-6,9-11H2,(H,17,18). The lowest BCUT2D eigenvalue weighted by Crippen LogP contribution is -2.30. The van der Waals surface area contributed by atoms with Gasteiger partial charge in [-0.25, -0.2) is 0 Å². The Morgan fingerprint density at radius 3 is 2.32 bits per heavy atom. The van der Waals surface area contributed by atoms with E-state index in [-0.39, 0.29) is 25.2 Å². The molecule has 2 aliphatic heterocycles. The number of carbonyl (C=O) groups excluding carboxylic acids is 1. The highest BCUT2D eigenvalue weighted by Crippen LogP contribution is 2.22. The number of allylic oxidation sites excluding steroid dienone is 2. The maximum Gasteiger partial charge on any atom is 0.309 e. The van der Waals surface area contributed by atoms with Gasteiger partial charge >= 0.3 is 11.9 Å². The van der Waals surface area contributed by atoms with Crippen LogP contribution in [0.2, 0.25) is 0 Å². The summed E-state index contributed by atoms with van der Waals surface area (Å²) in [5.74, 6) is -2.18. The topological polar surface area (TPSA) is 82.1 Å². The summed E-state index contributed by atoms with van der Waals surface area (Å²) in [6.07, 6.45) is 10.2. The Morgan fingerprint density at radius 1 is 1.14 bits per heavy atom. The van der Waals surface area contributed by atoms with Gasteiger partial charge in [0.05, 0.1) is 31.0 Å². The fourth-order valence-electron chi connectivity index (χ4n) is 2.55. The van der Waals surface area contributed by atoms with Crippen LogP contribution in [0, 0.1) is 5.92 Å². The SMILES string of the molecule is O=C(O)CC(CC1CCC=CO1)C(=O)OCC1CCC=CO1. The van der Waals surface area contributed by atoms with Gasteiger partial charge in [0.15, 0.2) is 0 Å². The molecule has 0 aromatic rings. The minimum atomic E-state index is -1.01. The number of carbonyl (C=O) groups is 2. The highest BCUT2D eigenvalue weighted by Gasteiger charge is 2.28. The summed E-state index contributed by atoms with van der Waals surface area (Å²) in [6, 6.07) is 0. The molecule has 122 valence electrons. The maximum absolute atomic E-state index is 12.2. The highest BCUT2D eigenvalue weighted by atomic mass is 16.6. The second-order valence-corrected chi connectivity index (χ2v) is 5.57. The van der Waals surface area contributed by atoms with E-state index >= 15 is 0 Å². The van der Waals surface area contributed by atoms with E-state index in [4.69, 9.17) is 19.3 Å². The van der Waals surface area contributed by atoms with Crippen molar-refractivity contribution < 1.29 is 28.9 Å². The zero-order chi connectivity index (χ0) is 15.8. The van der Waals surface area contributed by atoms with Crippen molar-refractivity contribution in [1.29, 1.82) is 0 Å². The van der Waals surface area contributed by atoms with Crippen LogP contribution < -0.4 is 0 Å². The molecule has 0 aromatic carbocycles. The molecule has 0 saturated heterocycles. The van der Waals surface area contributed by atoms with E-state index in [2.05, 4.69) is 0 Å². The number of rotatable bonds is 7. The monoisotopic (exact) mass is 310 g/mol. The molecule has 6 nitrogen and oxygen atoms in total. The van der Waals surface area contributed by atoms with Crippen LogP contribution in [0.4, 0.5) is 0 Å². The average molecular weight is 310 g/mol. The van der Waals surface area contributed by atoms with E-state index in [0.29, 0.717) is 6.42 Å². The number of ether oxygens (including phenoxy) is 3. The minimum Gasteiger partial charge on any atom is -0.498 e. The van der Waals surface area contributed by atoms with Crippen LogP contribution in [0.1, 0.15) is 38.5 Å². The van der Waals surface area contributed by atoms with Gasteiger partial charge in [-0.15, -0.1) is 0 Å². The van der Waals surface area contributed by atoms with Crippen molar-refractivity contribution in [3.05, 3.63) is 24.7 Å². The second kappa shape index (κ2) is 8.46. The number of carboxylic acids is 1. The highest BCUT2D eigenvalue weighted by molar-refractivity contribution is 5.79. The van der Waals surface area contributed by atoms with Gasteiger partial charge < -0.3 is 19.3 Å². The van der Waals surface area contributed by atoms with Gasteiger partial charge in [-0.05, 0) is 44.3 Å². The normalized spacial score (nSPS) is 24.9. The Labute approximate surface area is 129 Å². The van der Waals surface area contributed by atoms with Crippen molar-refractivity contribution in [3.8, 4) is 0 Å². The molecule has 0 saturated carbocycles. The molecule has 2 aliphatic rings. The summed E-state index contributed by atoms with van der Waals surface area (Å²) in [7, 11) is 0. The van der Waals surface area contributed by atoms with Crippen molar-refractivity contribution in [2.75, 3.05) is 6.61 Å². The van der Waals surface area contributed by atoms with E-state index in [9.17, 15) is 9.59 Å². The third-order valence-corrected chi connectivity index (χ3v) is 3.76. The average Bonchev–Trinajstić information content (AvgIpc) is 2.53. The third-order valence-electron chi connectivity index (χ3n) is 3.76. The lowest BCUT2D eigenvalue weighted by Gasteiger charge is -2.24. The van der Waals surface area contributed by atoms with Crippen molar-refractivity contribution in [2.45, 2.75) is 50.7 Å². The predicted molar refractivity (Wildman–Crippen MR) is 77.8 cm³/mol. The van der Waals surface area contributed by atoms with Gasteiger partial charge in [-0.1, -0.05) is 0 Å². The number of hydrogen-bond donors (Lipinski definition) is 1. The van der Waals surface area contributed by atoms with Crippen LogP contribution in [0.15, 0.2) is 24.7 Å². The summed E-state index contributed by atoms with van der Waals surface area (Å²) in [6.45, 7) is 0.157. The second-order valence-electron chi connectivity index (χ2n) is 5.57. The third kappa shape index (κ3) is 5.42. The van der Waals surface area contributed by atoms with Crippen molar-refractivity contribution in [3.63, 3.8) is 0 Å². The first-order chi connectivity index (χ1) is 10.6. The first-order valence-electron chi connectivity index (χ1n) is 7.64. The van der Waals surface area contributed by atoms with E-state index in [1.165, 1.54) is 0 Å². The van der Waals surface area contributed by atoms with Crippen molar-refractivity contribution in [1.82, 2.24) is 0 Å². The Balaban J connectivity index is 1.83. The number of aliphatic carboxylic acids is 1. The quantitative estimate of drug-likeness (QED) is 0.727. The molecule has 0 fully saturated rings. The van der Waals surface area contributed by atoms with Gasteiger partial charge in [0, 0.05) is 0 Å². The zero-order valence-electron chi connectivity index (χ0n) is 12.5. The van der Waals surface area contributed by atoms with E-state index in [0.717, 1.165) is 25.7 Å². The van der Waals surface area contributed by atoms with Gasteiger partial charge in [0.25, 0.3) is 0 Å². The molecule has 0 aromatic heterocycles. The Hall–Kier alpha value is -1.98. The molecule has 0 radical (unpaired) electrons. The molecule has 2 rings (SSSR count). The molecule has 2 heterocycles. The van der Waals surface area contributed by atoms with Crippen LogP contribution in [0.25, 0.3) is 0 Å². The van der Waals surface area contributed by atoms with E-state index in [1.807, 2.05) is 12.2 Å². The van der Waals surface area contributed by atoms with Crippen molar-refractivity contribution >= 4 is 11.9 Å². The minimum absolute atomic E-state index is 0.129. The summed E-state index contributed by atoms with van der Waals surface area (Å²) in [5.41, 5.74) is 0. The molecule has 0 spiro atoms. The molecule has 0 amide bonds. The molecule has 3 atom stereocenters. The molecular formula is C16H22O6. The van der Waals surface area contributed by atoms with E-state index < -0.39 is 17.9 Å². The van der Waals surface area contributed by atoms with Gasteiger partial charge in [-0.3, -0.25) is 9.59 Å². The summed E-state index contributed by atoms with van der Waals surface area (Å²) in [4.78, 5) is 23.1. The Bertz CT molecular complexity index is 442. The van der Waals surface area contributed by atoms with Gasteiger partial charge in [-0.2, -0.15) is 0 Å². The Kier molecular flexibility index (Phi) is 6.30. The Morgan fingerprint density at radius 2 is 1.77 bits per heavy atom. The molecule has 22 heavy (non-hydrogen) atoms. The summed E-state index contributed by atoms with van der Waals surface area (Å²) in [5, 5.41) is 8.98. The predicted octanol–water partition coefficient (Wildman–Crippen LogP) is 2.40. The van der Waals surface area contributed by atoms with Crippen molar-refractivity contribution in [2.24, 2.45) is 5.92 Å². The molecule has 0 aliphatic carbocycles. The zero-order valence-corrected chi connectivity index (χ0v) is 12.5. The van der Waals surface area contributed by atoms with Gasteiger partial charge in [0.2, 0.25) is 0 Å². The summed E-state index contributed by atoms with van der Waals surface area (Å²) < 4.78 is 16.0. The largest absolute Gasteiger partial charge is 0.498 e. The summed E-state index contributed by atoms with van der Waals surface area (Å²) >= 11 is 0. The van der Waals surface area contributed by atoms with Crippen LogP contribution >= 0.6 is 0 Å². The van der Waals surface area contributed by atoms with Crippen LogP contribution in [-0.2, 0) is 23.8 Å². The molecule has 1 N–H and O–H groups in total. The fourth-order valence-corrected chi connectivity index (χ4v) is 2.55. The lowest BCUT2D eigenvalue weighted by molar-refractivity contribution is -0.157. The molecular weight excluding hydrogens is 288 g/mol. The van der Waals surface area contributed by atoms with Crippen LogP contribution in [0.5, 0.6) is 0 Å². The fraction of sp³-hybridized carbons (Fsp3) is 0.625. The first kappa shape index (κ1) is 16.4. The van der Waals surface area contributed by atoms with E-state index in [1.54, 1.807) is 12.5 Å². The number of carboxylic acid groups (broad SMARTS) is 1. The van der Waals surface area contributed by atoms with Crippen LogP contribution in [-0.4, -0.2) is 35.9 Å². The lowest BCUT2D eigenvalue weighted by atomic mass is 9.95. The molecule has 0 bridgehead atoms. The van der Waals surface area contributed by atoms with Crippen LogP contribution in [0.3, 0.4) is 0 Å². The smallest absolute Gasteiger partial charge is 0.309 e.